The van der Waals surface area contributed by atoms with E-state index in [4.69, 9.17) is 21.9 Å². The maximum absolute atomic E-state index is 10.0. The summed E-state index contributed by atoms with van der Waals surface area (Å²) in [6.45, 7) is 0.396. The van der Waals surface area contributed by atoms with Crippen LogP contribution in [0.2, 0.25) is 0 Å². The van der Waals surface area contributed by atoms with Crippen molar-refractivity contribution in [1.29, 1.82) is 0 Å². The van der Waals surface area contributed by atoms with Crippen LogP contribution in [0.4, 0.5) is 11.8 Å². The van der Waals surface area contributed by atoms with Gasteiger partial charge in [-0.25, -0.2) is 4.98 Å². The van der Waals surface area contributed by atoms with Gasteiger partial charge >= 0.3 is 0 Å². The van der Waals surface area contributed by atoms with Gasteiger partial charge in [0.2, 0.25) is 5.95 Å². The number of nitrogens with zero attached hydrogens (tertiary/aromatic N) is 4. The lowest BCUT2D eigenvalue weighted by molar-refractivity contribution is -0.148. The lowest BCUT2D eigenvalue weighted by atomic mass is 9.99. The average molecular weight is 332 g/mol. The Hall–Kier alpha value is -1.72. The molecule has 2 aromatic heterocycles. The van der Waals surface area contributed by atoms with Crippen LogP contribution in [-0.4, -0.2) is 60.7 Å². The number of aliphatic hydroxyl groups excluding tert-OH is 2. The molecule has 122 valence electrons. The van der Waals surface area contributed by atoms with Crippen LogP contribution in [-0.2, 0) is 11.3 Å². The molecule has 22 heavy (non-hydrogen) atoms. The molecule has 0 aromatic carbocycles. The Morgan fingerprint density at radius 2 is 2.00 bits per heavy atom. The van der Waals surface area contributed by atoms with Crippen molar-refractivity contribution in [3.8, 4) is 0 Å². The van der Waals surface area contributed by atoms with E-state index >= 15 is 0 Å². The predicted octanol–water partition coefficient (Wildman–Crippen LogP) is -2.14. The molecule has 1 saturated heterocycles. The number of rotatable bonds is 2. The quantitative estimate of drug-likeness (QED) is 0.411. The topological polar surface area (TPSA) is 171 Å². The minimum atomic E-state index is -1.10. The zero-order valence-corrected chi connectivity index (χ0v) is 12.3. The van der Waals surface area contributed by atoms with Gasteiger partial charge in [-0.1, -0.05) is 0 Å². The first kappa shape index (κ1) is 16.6. The Kier molecular flexibility index (Phi) is 4.68. The first-order valence-corrected chi connectivity index (χ1v) is 6.44. The van der Waals surface area contributed by atoms with Gasteiger partial charge in [0.05, 0.1) is 31.6 Å². The molecule has 11 heteroatoms. The number of imidazole rings is 1. The highest BCUT2D eigenvalue weighted by molar-refractivity contribution is 5.85. The molecule has 1 aliphatic heterocycles. The third-order valence-electron chi connectivity index (χ3n) is 3.57. The summed E-state index contributed by atoms with van der Waals surface area (Å²) in [4.78, 5) is 12.0. The minimum absolute atomic E-state index is 0. The summed E-state index contributed by atoms with van der Waals surface area (Å²) in [5.41, 5.74) is 17.8. The Labute approximate surface area is 131 Å². The largest absolute Gasteiger partial charge is 0.389 e. The fourth-order valence-corrected chi connectivity index (χ4v) is 2.42. The fraction of sp³-hybridized carbons (Fsp3) is 0.545. The molecule has 0 spiro atoms. The third-order valence-corrected chi connectivity index (χ3v) is 3.57. The van der Waals surface area contributed by atoms with Gasteiger partial charge in [-0.15, -0.1) is 12.4 Å². The van der Waals surface area contributed by atoms with Gasteiger partial charge in [-0.3, -0.25) is 0 Å². The Morgan fingerprint density at radius 1 is 1.27 bits per heavy atom. The first-order chi connectivity index (χ1) is 9.97. The van der Waals surface area contributed by atoms with Crippen LogP contribution in [0.3, 0.4) is 0 Å². The maximum atomic E-state index is 10.0. The van der Waals surface area contributed by atoms with E-state index in [1.165, 1.54) is 6.33 Å². The normalized spacial score (nSPS) is 28.5. The summed E-state index contributed by atoms with van der Waals surface area (Å²) < 4.78 is 7.12. The molecule has 0 bridgehead atoms. The highest BCUT2D eigenvalue weighted by Crippen LogP contribution is 2.21. The van der Waals surface area contributed by atoms with E-state index in [9.17, 15) is 10.2 Å². The van der Waals surface area contributed by atoms with Crippen molar-refractivity contribution in [2.45, 2.75) is 30.9 Å². The van der Waals surface area contributed by atoms with Crippen LogP contribution >= 0.6 is 12.4 Å². The summed E-state index contributed by atoms with van der Waals surface area (Å²) in [6, 6.07) is -0.607. The molecular formula is C11H18ClN7O3. The molecule has 1 aliphatic rings. The van der Waals surface area contributed by atoms with Crippen LogP contribution in [0.25, 0.3) is 11.2 Å². The molecule has 3 rings (SSSR count). The number of ether oxygens (including phenoxy) is 1. The minimum Gasteiger partial charge on any atom is -0.389 e. The Balaban J connectivity index is 0.00000176. The van der Waals surface area contributed by atoms with Gasteiger partial charge in [0.25, 0.3) is 0 Å². The molecule has 0 amide bonds. The first-order valence-electron chi connectivity index (χ1n) is 6.44. The maximum Gasteiger partial charge on any atom is 0.224 e. The molecule has 2 aromatic rings. The van der Waals surface area contributed by atoms with Crippen LogP contribution in [0.1, 0.15) is 0 Å². The van der Waals surface area contributed by atoms with Crippen LogP contribution in [0.15, 0.2) is 6.33 Å². The standard InChI is InChI=1S/C11H17N7O3.ClH/c12-4-2-21-5(8(20)7(4)19)1-18-3-15-10-6(18)9(13)16-11(14)17-10;/h3-5,7-8,19-20H,1-2,12H2,(H4,13,14,16,17);1H/t4-,5-,7+,8-;/m1./s1. The van der Waals surface area contributed by atoms with Gasteiger partial charge in [-0.05, 0) is 0 Å². The van der Waals surface area contributed by atoms with Crippen molar-refractivity contribution in [1.82, 2.24) is 19.5 Å². The van der Waals surface area contributed by atoms with Gasteiger partial charge < -0.3 is 36.7 Å². The Bertz CT molecular complexity index is 666. The molecule has 0 radical (unpaired) electrons. The number of hydrogen-bond acceptors (Lipinski definition) is 9. The smallest absolute Gasteiger partial charge is 0.224 e. The number of fused-ring (bicyclic) bond motifs is 1. The highest BCUT2D eigenvalue weighted by Gasteiger charge is 2.36. The summed E-state index contributed by atoms with van der Waals surface area (Å²) in [5, 5.41) is 19.8. The van der Waals surface area contributed by atoms with Gasteiger partial charge in [0.15, 0.2) is 11.5 Å². The van der Waals surface area contributed by atoms with Crippen molar-refractivity contribution in [3.63, 3.8) is 0 Å². The molecule has 0 saturated carbocycles. The second kappa shape index (κ2) is 6.18. The van der Waals surface area contributed by atoms with E-state index < -0.39 is 24.4 Å². The van der Waals surface area contributed by atoms with E-state index in [1.807, 2.05) is 0 Å². The molecule has 0 aliphatic carbocycles. The van der Waals surface area contributed by atoms with Crippen LogP contribution in [0.5, 0.6) is 0 Å². The SMILES string of the molecule is Cl.Nc1nc(N)c2c(ncn2C[C@H]2OC[C@@H](N)[C@H](O)[C@@H]2O)n1. The lowest BCUT2D eigenvalue weighted by Gasteiger charge is -2.36. The number of hydrogen-bond donors (Lipinski definition) is 5. The third kappa shape index (κ3) is 2.78. The van der Waals surface area contributed by atoms with E-state index in [2.05, 4.69) is 15.0 Å². The number of aromatic nitrogens is 4. The lowest BCUT2D eigenvalue weighted by Crippen LogP contribution is -2.57. The number of halogens is 1. The molecule has 1 fully saturated rings. The van der Waals surface area contributed by atoms with Gasteiger partial charge in [0.1, 0.15) is 17.7 Å². The predicted molar refractivity (Wildman–Crippen MR) is 81.1 cm³/mol. The fourth-order valence-electron chi connectivity index (χ4n) is 2.42. The summed E-state index contributed by atoms with van der Waals surface area (Å²) in [5.74, 6) is 0.234. The second-order valence-electron chi connectivity index (χ2n) is 5.05. The van der Waals surface area contributed by atoms with Crippen LogP contribution < -0.4 is 17.2 Å². The van der Waals surface area contributed by atoms with Gasteiger partial charge in [0, 0.05) is 0 Å². The highest BCUT2D eigenvalue weighted by atomic mass is 35.5. The summed E-state index contributed by atoms with van der Waals surface area (Å²) in [7, 11) is 0. The van der Waals surface area contributed by atoms with Gasteiger partial charge in [-0.2, -0.15) is 9.97 Å². The molecule has 4 atom stereocenters. The zero-order valence-electron chi connectivity index (χ0n) is 11.5. The summed E-state index contributed by atoms with van der Waals surface area (Å²) in [6.07, 6.45) is -1.26. The van der Waals surface area contributed by atoms with Crippen molar-refractivity contribution < 1.29 is 14.9 Å². The monoisotopic (exact) mass is 331 g/mol. The molecular weight excluding hydrogens is 314 g/mol. The zero-order chi connectivity index (χ0) is 15.1. The number of aliphatic hydroxyl groups is 2. The molecule has 10 nitrogen and oxygen atoms in total. The average Bonchev–Trinajstić information content (AvgIpc) is 2.82. The molecule has 8 N–H and O–H groups in total. The van der Waals surface area contributed by atoms with Crippen molar-refractivity contribution in [2.75, 3.05) is 18.1 Å². The number of nitrogen functional groups attached to an aromatic ring is 2. The van der Waals surface area contributed by atoms with E-state index in [1.54, 1.807) is 4.57 Å². The van der Waals surface area contributed by atoms with Crippen molar-refractivity contribution in [3.05, 3.63) is 6.33 Å². The molecule has 0 unspecified atom stereocenters. The second-order valence-corrected chi connectivity index (χ2v) is 5.05. The number of anilines is 2. The number of nitrogens with two attached hydrogens (primary N) is 3. The van der Waals surface area contributed by atoms with E-state index in [0.717, 1.165) is 0 Å². The van der Waals surface area contributed by atoms with Crippen LogP contribution in [0, 0.1) is 0 Å². The van der Waals surface area contributed by atoms with Crippen molar-refractivity contribution >= 4 is 35.3 Å². The molecule has 3 heterocycles. The van der Waals surface area contributed by atoms with E-state index in [0.29, 0.717) is 11.2 Å². The Morgan fingerprint density at radius 3 is 2.73 bits per heavy atom. The van der Waals surface area contributed by atoms with Crippen molar-refractivity contribution in [2.24, 2.45) is 5.73 Å². The summed E-state index contributed by atoms with van der Waals surface area (Å²) >= 11 is 0. The van der Waals surface area contributed by atoms with E-state index in [-0.39, 0.29) is 37.3 Å².